The Morgan fingerprint density at radius 2 is 2.07 bits per heavy atom. The molecule has 84 valence electrons. The molecule has 1 aromatic carbocycles. The fourth-order valence-electron chi connectivity index (χ4n) is 1.23. The molecule has 15 heavy (non-hydrogen) atoms. The quantitative estimate of drug-likeness (QED) is 0.755. The van der Waals surface area contributed by atoms with Gasteiger partial charge >= 0.3 is 0 Å². The monoisotopic (exact) mass is 227 g/mol. The van der Waals surface area contributed by atoms with Gasteiger partial charge in [-0.05, 0) is 25.5 Å². The molecule has 0 aliphatic carbocycles. The molecular weight excluding hydrogens is 210 g/mol. The summed E-state index contributed by atoms with van der Waals surface area (Å²) in [5, 5.41) is 4.10. The third-order valence-corrected chi connectivity index (χ3v) is 2.37. The van der Waals surface area contributed by atoms with Crippen molar-refractivity contribution in [2.75, 3.05) is 13.2 Å². The molecule has 2 nitrogen and oxygen atoms in total. The second-order valence-electron chi connectivity index (χ2n) is 3.69. The molecule has 1 N–H and O–H groups in total. The molecule has 0 aromatic heterocycles. The van der Waals surface area contributed by atoms with Crippen LogP contribution in [0.2, 0.25) is 5.02 Å². The summed E-state index contributed by atoms with van der Waals surface area (Å²) in [6.45, 7) is 6.45. The molecule has 0 amide bonds. The summed E-state index contributed by atoms with van der Waals surface area (Å²) < 4.78 is 5.41. The number of rotatable bonds is 6. The maximum Gasteiger partial charge on any atom is 0.0594 e. The van der Waals surface area contributed by atoms with E-state index in [0.717, 1.165) is 30.3 Å². The summed E-state index contributed by atoms with van der Waals surface area (Å²) in [7, 11) is 0. The van der Waals surface area contributed by atoms with Crippen molar-refractivity contribution in [1.82, 2.24) is 5.32 Å². The molecule has 0 atom stereocenters. The minimum Gasteiger partial charge on any atom is -0.377 e. The molecule has 0 unspecified atom stereocenters. The van der Waals surface area contributed by atoms with Crippen LogP contribution in [-0.2, 0) is 11.3 Å². The highest BCUT2D eigenvalue weighted by Gasteiger charge is 1.98. The Balaban J connectivity index is 2.18. The van der Waals surface area contributed by atoms with E-state index in [1.54, 1.807) is 0 Å². The van der Waals surface area contributed by atoms with Gasteiger partial charge in [-0.1, -0.05) is 29.8 Å². The third kappa shape index (κ3) is 5.17. The van der Waals surface area contributed by atoms with Crippen molar-refractivity contribution < 1.29 is 4.74 Å². The van der Waals surface area contributed by atoms with E-state index < -0.39 is 0 Å². The van der Waals surface area contributed by atoms with Gasteiger partial charge in [0.1, 0.15) is 0 Å². The maximum atomic E-state index is 6.02. The SMILES string of the molecule is CC(C)OCCNCc1ccccc1Cl. The van der Waals surface area contributed by atoms with Gasteiger partial charge in [0, 0.05) is 18.1 Å². The van der Waals surface area contributed by atoms with Gasteiger partial charge in [-0.3, -0.25) is 0 Å². The van der Waals surface area contributed by atoms with Crippen LogP contribution in [0.25, 0.3) is 0 Å². The molecule has 1 aromatic rings. The van der Waals surface area contributed by atoms with E-state index in [9.17, 15) is 0 Å². The second-order valence-corrected chi connectivity index (χ2v) is 4.09. The number of hydrogen-bond acceptors (Lipinski definition) is 2. The molecule has 0 spiro atoms. The van der Waals surface area contributed by atoms with Crippen LogP contribution in [0.5, 0.6) is 0 Å². The predicted molar refractivity (Wildman–Crippen MR) is 64.2 cm³/mol. The molecule has 3 heteroatoms. The van der Waals surface area contributed by atoms with E-state index in [1.807, 2.05) is 38.1 Å². The molecule has 0 aliphatic heterocycles. The number of benzene rings is 1. The standard InChI is InChI=1S/C12H18ClNO/c1-10(2)15-8-7-14-9-11-5-3-4-6-12(11)13/h3-6,10,14H,7-9H2,1-2H3. The molecule has 1 rings (SSSR count). The molecule has 0 radical (unpaired) electrons. The fourth-order valence-corrected chi connectivity index (χ4v) is 1.43. The van der Waals surface area contributed by atoms with Gasteiger partial charge in [-0.15, -0.1) is 0 Å². The van der Waals surface area contributed by atoms with Crippen LogP contribution in [0.3, 0.4) is 0 Å². The number of hydrogen-bond donors (Lipinski definition) is 1. The molecule has 0 saturated carbocycles. The van der Waals surface area contributed by atoms with Crippen LogP contribution in [-0.4, -0.2) is 19.3 Å². The van der Waals surface area contributed by atoms with Gasteiger partial charge in [0.05, 0.1) is 12.7 Å². The zero-order chi connectivity index (χ0) is 11.1. The van der Waals surface area contributed by atoms with Gasteiger partial charge in [0.25, 0.3) is 0 Å². The van der Waals surface area contributed by atoms with Gasteiger partial charge < -0.3 is 10.1 Å². The summed E-state index contributed by atoms with van der Waals surface area (Å²) in [4.78, 5) is 0. The van der Waals surface area contributed by atoms with E-state index in [4.69, 9.17) is 16.3 Å². The van der Waals surface area contributed by atoms with Gasteiger partial charge in [0.15, 0.2) is 0 Å². The Kier molecular flexibility index (Phi) is 5.69. The molecule has 0 bridgehead atoms. The predicted octanol–water partition coefficient (Wildman–Crippen LogP) is 2.85. The van der Waals surface area contributed by atoms with Gasteiger partial charge in [-0.2, -0.15) is 0 Å². The average Bonchev–Trinajstić information content (AvgIpc) is 2.20. The minimum atomic E-state index is 0.298. The molecular formula is C12H18ClNO. The second kappa shape index (κ2) is 6.83. The summed E-state index contributed by atoms with van der Waals surface area (Å²) in [6.07, 6.45) is 0.298. The lowest BCUT2D eigenvalue weighted by Gasteiger charge is -2.09. The van der Waals surface area contributed by atoms with Crippen molar-refractivity contribution >= 4 is 11.6 Å². The molecule has 0 saturated heterocycles. The first kappa shape index (κ1) is 12.5. The van der Waals surface area contributed by atoms with Gasteiger partial charge in [0.2, 0.25) is 0 Å². The van der Waals surface area contributed by atoms with Crippen LogP contribution in [0.4, 0.5) is 0 Å². The number of halogens is 1. The molecule has 0 heterocycles. The maximum absolute atomic E-state index is 6.02. The van der Waals surface area contributed by atoms with E-state index in [-0.39, 0.29) is 0 Å². The summed E-state index contributed by atoms with van der Waals surface area (Å²) >= 11 is 6.02. The van der Waals surface area contributed by atoms with Crippen molar-refractivity contribution in [2.45, 2.75) is 26.5 Å². The first-order chi connectivity index (χ1) is 7.20. The Morgan fingerprint density at radius 3 is 2.73 bits per heavy atom. The Hall–Kier alpha value is -0.570. The lowest BCUT2D eigenvalue weighted by atomic mass is 10.2. The first-order valence-electron chi connectivity index (χ1n) is 5.26. The Morgan fingerprint density at radius 1 is 1.33 bits per heavy atom. The lowest BCUT2D eigenvalue weighted by molar-refractivity contribution is 0.0807. The van der Waals surface area contributed by atoms with Crippen LogP contribution < -0.4 is 5.32 Å². The summed E-state index contributed by atoms with van der Waals surface area (Å²) in [6, 6.07) is 7.86. The topological polar surface area (TPSA) is 21.3 Å². The van der Waals surface area contributed by atoms with E-state index in [1.165, 1.54) is 0 Å². The van der Waals surface area contributed by atoms with E-state index >= 15 is 0 Å². The van der Waals surface area contributed by atoms with Crippen LogP contribution >= 0.6 is 11.6 Å². The normalized spacial score (nSPS) is 10.9. The first-order valence-corrected chi connectivity index (χ1v) is 5.63. The smallest absolute Gasteiger partial charge is 0.0594 e. The Bertz CT molecular complexity index is 289. The van der Waals surface area contributed by atoms with Crippen molar-refractivity contribution in [2.24, 2.45) is 0 Å². The van der Waals surface area contributed by atoms with Crippen molar-refractivity contribution in [3.8, 4) is 0 Å². The lowest BCUT2D eigenvalue weighted by Crippen LogP contribution is -2.21. The van der Waals surface area contributed by atoms with Gasteiger partial charge in [-0.25, -0.2) is 0 Å². The van der Waals surface area contributed by atoms with E-state index in [2.05, 4.69) is 5.32 Å². The highest BCUT2D eigenvalue weighted by molar-refractivity contribution is 6.31. The van der Waals surface area contributed by atoms with Crippen molar-refractivity contribution in [3.05, 3.63) is 34.9 Å². The highest BCUT2D eigenvalue weighted by atomic mass is 35.5. The number of nitrogens with one attached hydrogen (secondary N) is 1. The summed E-state index contributed by atoms with van der Waals surface area (Å²) in [5.74, 6) is 0. The Labute approximate surface area is 96.6 Å². The van der Waals surface area contributed by atoms with Crippen LogP contribution in [0.1, 0.15) is 19.4 Å². The van der Waals surface area contributed by atoms with E-state index in [0.29, 0.717) is 6.10 Å². The third-order valence-electron chi connectivity index (χ3n) is 2.00. The fraction of sp³-hybridized carbons (Fsp3) is 0.500. The molecule has 0 aliphatic rings. The van der Waals surface area contributed by atoms with Crippen LogP contribution in [0, 0.1) is 0 Å². The van der Waals surface area contributed by atoms with Crippen LogP contribution in [0.15, 0.2) is 24.3 Å². The largest absolute Gasteiger partial charge is 0.377 e. The summed E-state index contributed by atoms with van der Waals surface area (Å²) in [5.41, 5.74) is 1.13. The zero-order valence-corrected chi connectivity index (χ0v) is 10.1. The van der Waals surface area contributed by atoms with Crippen molar-refractivity contribution in [3.63, 3.8) is 0 Å². The minimum absolute atomic E-state index is 0.298. The highest BCUT2D eigenvalue weighted by Crippen LogP contribution is 2.13. The average molecular weight is 228 g/mol. The molecule has 0 fully saturated rings. The zero-order valence-electron chi connectivity index (χ0n) is 9.29. The number of ether oxygens (including phenoxy) is 1. The van der Waals surface area contributed by atoms with Crippen molar-refractivity contribution in [1.29, 1.82) is 0 Å².